The Balaban J connectivity index is 2.53. The maximum atomic E-state index is 11.6. The number of ether oxygens (including phenoxy) is 1. The molecule has 2 aromatic rings. The van der Waals surface area contributed by atoms with Gasteiger partial charge in [0, 0.05) is 17.1 Å². The molecule has 0 aliphatic carbocycles. The van der Waals surface area contributed by atoms with E-state index in [1.54, 1.807) is 25.1 Å². The van der Waals surface area contributed by atoms with Crippen LogP contribution in [0.25, 0.3) is 11.0 Å². The SMILES string of the molecule is CC=COC(=O)c1cc2ccc(N)cc2oc1=O. The van der Waals surface area contributed by atoms with Crippen LogP contribution < -0.4 is 11.4 Å². The Morgan fingerprint density at radius 2 is 2.17 bits per heavy atom. The number of rotatable bonds is 2. The summed E-state index contributed by atoms with van der Waals surface area (Å²) in [4.78, 5) is 23.2. The second kappa shape index (κ2) is 4.75. The van der Waals surface area contributed by atoms with Crippen LogP contribution in [-0.4, -0.2) is 5.97 Å². The number of anilines is 1. The monoisotopic (exact) mass is 245 g/mol. The molecule has 92 valence electrons. The average Bonchev–Trinajstić information content (AvgIpc) is 2.35. The van der Waals surface area contributed by atoms with E-state index in [1.165, 1.54) is 18.4 Å². The Hall–Kier alpha value is -2.56. The third kappa shape index (κ3) is 2.24. The van der Waals surface area contributed by atoms with Gasteiger partial charge in [0.15, 0.2) is 0 Å². The number of carbonyl (C=O) groups excluding carboxylic acids is 1. The van der Waals surface area contributed by atoms with Gasteiger partial charge in [-0.15, -0.1) is 0 Å². The first kappa shape index (κ1) is 11.9. The highest BCUT2D eigenvalue weighted by atomic mass is 16.5. The van der Waals surface area contributed by atoms with Crippen LogP contribution in [-0.2, 0) is 4.74 Å². The maximum absolute atomic E-state index is 11.6. The van der Waals surface area contributed by atoms with Crippen molar-refractivity contribution in [1.29, 1.82) is 0 Å². The average molecular weight is 245 g/mol. The van der Waals surface area contributed by atoms with E-state index < -0.39 is 11.6 Å². The lowest BCUT2D eigenvalue weighted by molar-refractivity contribution is 0.0658. The van der Waals surface area contributed by atoms with E-state index in [4.69, 9.17) is 14.9 Å². The van der Waals surface area contributed by atoms with Gasteiger partial charge in [0.1, 0.15) is 11.1 Å². The maximum Gasteiger partial charge on any atom is 0.351 e. The largest absolute Gasteiger partial charge is 0.431 e. The second-order valence-electron chi connectivity index (χ2n) is 3.62. The molecule has 1 heterocycles. The van der Waals surface area contributed by atoms with Gasteiger partial charge in [-0.1, -0.05) is 6.08 Å². The van der Waals surface area contributed by atoms with Gasteiger partial charge in [-0.05, 0) is 25.1 Å². The van der Waals surface area contributed by atoms with Gasteiger partial charge in [0.2, 0.25) is 0 Å². The molecule has 0 unspecified atom stereocenters. The Morgan fingerprint density at radius 3 is 2.89 bits per heavy atom. The number of carbonyl (C=O) groups is 1. The molecule has 0 saturated carbocycles. The van der Waals surface area contributed by atoms with Crippen molar-refractivity contribution in [2.75, 3.05) is 5.73 Å². The summed E-state index contributed by atoms with van der Waals surface area (Å²) in [5.41, 5.74) is 5.50. The predicted molar refractivity (Wildman–Crippen MR) is 67.1 cm³/mol. The molecule has 1 aromatic heterocycles. The van der Waals surface area contributed by atoms with E-state index in [-0.39, 0.29) is 5.56 Å². The number of nitrogen functional groups attached to an aromatic ring is 1. The quantitative estimate of drug-likeness (QED) is 0.379. The van der Waals surface area contributed by atoms with E-state index in [0.29, 0.717) is 16.7 Å². The predicted octanol–water partition coefficient (Wildman–Crippen LogP) is 2.07. The summed E-state index contributed by atoms with van der Waals surface area (Å²) in [7, 11) is 0. The molecule has 0 aliphatic heterocycles. The van der Waals surface area contributed by atoms with E-state index in [9.17, 15) is 9.59 Å². The van der Waals surface area contributed by atoms with Crippen molar-refractivity contribution >= 4 is 22.6 Å². The van der Waals surface area contributed by atoms with Gasteiger partial charge in [-0.2, -0.15) is 0 Å². The molecule has 2 N–H and O–H groups in total. The molecule has 0 saturated heterocycles. The lowest BCUT2D eigenvalue weighted by atomic mass is 10.2. The molecule has 18 heavy (non-hydrogen) atoms. The summed E-state index contributed by atoms with van der Waals surface area (Å²) in [6, 6.07) is 6.27. The fourth-order valence-electron chi connectivity index (χ4n) is 1.46. The zero-order chi connectivity index (χ0) is 13.1. The van der Waals surface area contributed by atoms with Crippen LogP contribution in [0.3, 0.4) is 0 Å². The minimum Gasteiger partial charge on any atom is -0.431 e. The number of fused-ring (bicyclic) bond motifs is 1. The summed E-state index contributed by atoms with van der Waals surface area (Å²) in [6.45, 7) is 1.69. The van der Waals surface area contributed by atoms with Gasteiger partial charge in [-0.3, -0.25) is 0 Å². The summed E-state index contributed by atoms with van der Waals surface area (Å²) in [6.07, 6.45) is 2.75. The highest BCUT2D eigenvalue weighted by Crippen LogP contribution is 2.17. The second-order valence-corrected chi connectivity index (χ2v) is 3.62. The first-order valence-corrected chi connectivity index (χ1v) is 5.27. The van der Waals surface area contributed by atoms with Crippen molar-refractivity contribution in [2.45, 2.75) is 6.92 Å². The molecule has 0 spiro atoms. The van der Waals surface area contributed by atoms with Crippen molar-refractivity contribution in [3.8, 4) is 0 Å². The number of nitrogens with two attached hydrogens (primary N) is 1. The minimum atomic E-state index is -0.749. The number of hydrogen-bond donors (Lipinski definition) is 1. The molecule has 1 aromatic carbocycles. The lowest BCUT2D eigenvalue weighted by Crippen LogP contribution is -2.14. The minimum absolute atomic E-state index is 0.148. The van der Waals surface area contributed by atoms with Crippen LogP contribution in [0.1, 0.15) is 17.3 Å². The van der Waals surface area contributed by atoms with Crippen LogP contribution in [0.15, 0.2) is 45.8 Å². The van der Waals surface area contributed by atoms with Crippen molar-refractivity contribution in [3.05, 3.63) is 52.6 Å². The summed E-state index contributed by atoms with van der Waals surface area (Å²) in [5, 5.41) is 0.608. The fraction of sp³-hybridized carbons (Fsp3) is 0.0769. The highest BCUT2D eigenvalue weighted by molar-refractivity contribution is 5.93. The Bertz CT molecular complexity index is 685. The molecular formula is C13H11NO4. The van der Waals surface area contributed by atoms with Crippen LogP contribution in [0.4, 0.5) is 5.69 Å². The Kier molecular flexibility index (Phi) is 3.14. The first-order chi connectivity index (χ1) is 8.61. The molecule has 0 aliphatic rings. The summed E-state index contributed by atoms with van der Waals surface area (Å²) in [5.74, 6) is -0.749. The Labute approximate surface area is 102 Å². The molecule has 5 heteroatoms. The number of benzene rings is 1. The van der Waals surface area contributed by atoms with Crippen LogP contribution in [0, 0.1) is 0 Å². The molecule has 0 atom stereocenters. The van der Waals surface area contributed by atoms with Crippen molar-refractivity contribution in [1.82, 2.24) is 0 Å². The third-order valence-electron chi connectivity index (χ3n) is 2.29. The van der Waals surface area contributed by atoms with Gasteiger partial charge >= 0.3 is 11.6 Å². The van der Waals surface area contributed by atoms with Crippen molar-refractivity contribution in [2.24, 2.45) is 0 Å². The molecule has 0 fully saturated rings. The van der Waals surface area contributed by atoms with E-state index in [2.05, 4.69) is 0 Å². The molecule has 0 amide bonds. The van der Waals surface area contributed by atoms with Gasteiger partial charge in [-0.25, -0.2) is 9.59 Å². The van der Waals surface area contributed by atoms with E-state index >= 15 is 0 Å². The fourth-order valence-corrected chi connectivity index (χ4v) is 1.46. The van der Waals surface area contributed by atoms with Crippen LogP contribution in [0.2, 0.25) is 0 Å². The zero-order valence-electron chi connectivity index (χ0n) is 9.67. The third-order valence-corrected chi connectivity index (χ3v) is 2.29. The topological polar surface area (TPSA) is 82.5 Å². The van der Waals surface area contributed by atoms with Crippen LogP contribution >= 0.6 is 0 Å². The molecule has 0 bridgehead atoms. The molecular weight excluding hydrogens is 234 g/mol. The smallest absolute Gasteiger partial charge is 0.351 e. The molecule has 0 radical (unpaired) electrons. The molecule has 2 rings (SSSR count). The van der Waals surface area contributed by atoms with Gasteiger partial charge in [0.05, 0.1) is 6.26 Å². The van der Waals surface area contributed by atoms with Crippen molar-refractivity contribution in [3.63, 3.8) is 0 Å². The first-order valence-electron chi connectivity index (χ1n) is 5.27. The van der Waals surface area contributed by atoms with E-state index in [0.717, 1.165) is 0 Å². The van der Waals surface area contributed by atoms with E-state index in [1.807, 2.05) is 0 Å². The normalized spacial score (nSPS) is 10.9. The molecule has 5 nitrogen and oxygen atoms in total. The summed E-state index contributed by atoms with van der Waals surface area (Å²) >= 11 is 0. The number of hydrogen-bond acceptors (Lipinski definition) is 5. The van der Waals surface area contributed by atoms with Crippen LogP contribution in [0.5, 0.6) is 0 Å². The zero-order valence-corrected chi connectivity index (χ0v) is 9.67. The number of esters is 1. The lowest BCUT2D eigenvalue weighted by Gasteiger charge is -2.01. The Morgan fingerprint density at radius 1 is 1.39 bits per heavy atom. The van der Waals surface area contributed by atoms with Crippen molar-refractivity contribution < 1.29 is 13.9 Å². The van der Waals surface area contributed by atoms with Gasteiger partial charge < -0.3 is 14.9 Å². The number of allylic oxidation sites excluding steroid dienone is 1. The standard InChI is InChI=1S/C13H11NO4/c1-2-5-17-12(15)10-6-8-3-4-9(14)7-11(8)18-13(10)16/h2-7H,14H2,1H3. The highest BCUT2D eigenvalue weighted by Gasteiger charge is 2.14. The van der Waals surface area contributed by atoms with Gasteiger partial charge in [0.25, 0.3) is 0 Å². The summed E-state index contributed by atoms with van der Waals surface area (Å²) < 4.78 is 9.74.